The summed E-state index contributed by atoms with van der Waals surface area (Å²) in [7, 11) is 0. The number of piperidine rings is 3. The van der Waals surface area contributed by atoms with Crippen LogP contribution in [-0.2, 0) is 16.9 Å². The largest absolute Gasteiger partial charge is 0.508 e. The highest BCUT2D eigenvalue weighted by atomic mass is 16.5. The molecule has 3 saturated heterocycles. The molecule has 1 aliphatic carbocycles. The van der Waals surface area contributed by atoms with Crippen molar-refractivity contribution in [1.82, 2.24) is 5.32 Å². The molecule has 280 valence electrons. The highest BCUT2D eigenvalue weighted by Gasteiger charge is 2.48. The molecule has 3 aliphatic heterocycles. The third-order valence-electron chi connectivity index (χ3n) is 12.6. The normalized spacial score (nSPS) is 24.1. The van der Waals surface area contributed by atoms with Crippen molar-refractivity contribution in [3.05, 3.63) is 65.2 Å². The topological polar surface area (TPSA) is 102 Å². The maximum atomic E-state index is 12.0. The lowest BCUT2D eigenvalue weighted by Crippen LogP contribution is -2.64. The molecule has 0 amide bonds. The van der Waals surface area contributed by atoms with Crippen LogP contribution in [0.25, 0.3) is 0 Å². The predicted molar refractivity (Wildman–Crippen MR) is 202 cm³/mol. The molecule has 0 spiro atoms. The van der Waals surface area contributed by atoms with Gasteiger partial charge in [-0.05, 0) is 67.8 Å². The summed E-state index contributed by atoms with van der Waals surface area (Å²) >= 11 is 0. The number of unbranched alkanes of at least 4 members (excludes halogenated alkanes) is 11. The number of aliphatic hydroxyl groups excluding tert-OH is 2. The number of aromatic hydroxyl groups is 1. The van der Waals surface area contributed by atoms with E-state index in [2.05, 4.69) is 29.6 Å². The minimum absolute atomic E-state index is 0.0633. The molecule has 2 bridgehead atoms. The Morgan fingerprint density at radius 3 is 2.06 bits per heavy atom. The van der Waals surface area contributed by atoms with Crippen LogP contribution in [-0.4, -0.2) is 76.9 Å². The number of nitrogens with one attached hydrogen (secondary N) is 1. The van der Waals surface area contributed by atoms with Gasteiger partial charge in [-0.15, -0.1) is 0 Å². The van der Waals surface area contributed by atoms with Crippen molar-refractivity contribution in [3.63, 3.8) is 0 Å². The van der Waals surface area contributed by atoms with Gasteiger partial charge in [-0.2, -0.15) is 0 Å². The second-order valence-electron chi connectivity index (χ2n) is 16.2. The smallest absolute Gasteiger partial charge is 0.121 e. The van der Waals surface area contributed by atoms with E-state index < -0.39 is 11.7 Å². The maximum Gasteiger partial charge on any atom is 0.121 e. The third-order valence-corrected chi connectivity index (χ3v) is 12.6. The van der Waals surface area contributed by atoms with Crippen molar-refractivity contribution in [1.29, 1.82) is 0 Å². The summed E-state index contributed by atoms with van der Waals surface area (Å²) in [6.07, 6.45) is 22.7. The van der Waals surface area contributed by atoms with E-state index in [4.69, 9.17) is 4.74 Å². The van der Waals surface area contributed by atoms with Gasteiger partial charge in [-0.3, -0.25) is 0 Å². The van der Waals surface area contributed by atoms with Gasteiger partial charge < -0.3 is 35.0 Å². The summed E-state index contributed by atoms with van der Waals surface area (Å²) in [4.78, 5) is 0. The molecule has 3 heterocycles. The van der Waals surface area contributed by atoms with Crippen LogP contribution in [0.2, 0.25) is 0 Å². The Hall–Kier alpha value is -2.00. The number of fused-ring (bicyclic) bond motifs is 3. The molecule has 7 nitrogen and oxygen atoms in total. The molecule has 0 unspecified atom stereocenters. The summed E-state index contributed by atoms with van der Waals surface area (Å²) in [6, 6.07) is 15.3. The molecule has 0 aromatic heterocycles. The second-order valence-corrected chi connectivity index (χ2v) is 16.2. The van der Waals surface area contributed by atoms with Gasteiger partial charge in [-0.1, -0.05) is 107 Å². The first-order chi connectivity index (χ1) is 24.4. The molecular formula is C43H69N2O5+. The molecule has 2 aromatic carbocycles. The average Bonchev–Trinajstić information content (AvgIpc) is 3.71. The lowest BCUT2D eigenvalue weighted by atomic mass is 9.80. The fourth-order valence-corrected chi connectivity index (χ4v) is 9.29. The summed E-state index contributed by atoms with van der Waals surface area (Å²) in [5, 5.41) is 44.7. The number of rotatable bonds is 24. The molecule has 6 rings (SSSR count). The first kappa shape index (κ1) is 39.2. The fraction of sp³-hybridized carbons (Fsp3) is 0.721. The van der Waals surface area contributed by atoms with Gasteiger partial charge in [0.05, 0.1) is 39.0 Å². The average molecular weight is 694 g/mol. The number of phenols is 1. The number of hydrogen-bond acceptors (Lipinski definition) is 6. The van der Waals surface area contributed by atoms with Crippen LogP contribution >= 0.6 is 0 Å². The van der Waals surface area contributed by atoms with Crippen LogP contribution in [0.1, 0.15) is 138 Å². The minimum Gasteiger partial charge on any atom is -0.508 e. The Morgan fingerprint density at radius 2 is 1.42 bits per heavy atom. The van der Waals surface area contributed by atoms with E-state index >= 15 is 0 Å². The van der Waals surface area contributed by atoms with E-state index in [9.17, 15) is 20.4 Å². The summed E-state index contributed by atoms with van der Waals surface area (Å²) < 4.78 is 7.99. The van der Waals surface area contributed by atoms with Crippen molar-refractivity contribution < 1.29 is 29.6 Å². The summed E-state index contributed by atoms with van der Waals surface area (Å²) in [6.45, 7) is 6.69. The van der Waals surface area contributed by atoms with Crippen LogP contribution in [0.15, 0.2) is 48.5 Å². The Balaban J connectivity index is 0.860. The number of quaternary nitrogens is 1. The summed E-state index contributed by atoms with van der Waals surface area (Å²) in [5.41, 5.74) is 1.35. The number of nitrogens with zero attached hydrogens (tertiary/aromatic N) is 1. The van der Waals surface area contributed by atoms with Crippen LogP contribution in [0, 0.1) is 11.8 Å². The van der Waals surface area contributed by atoms with E-state index in [0.717, 1.165) is 37.9 Å². The molecule has 0 radical (unpaired) electrons. The van der Waals surface area contributed by atoms with Gasteiger partial charge in [0.2, 0.25) is 0 Å². The Bertz CT molecular complexity index is 1230. The molecule has 3 atom stereocenters. The van der Waals surface area contributed by atoms with Crippen molar-refractivity contribution in [2.24, 2.45) is 11.8 Å². The molecule has 4 aliphatic rings. The lowest BCUT2D eigenvalue weighted by molar-refractivity contribution is -0.946. The first-order valence-corrected chi connectivity index (χ1v) is 20.5. The summed E-state index contributed by atoms with van der Waals surface area (Å²) in [5.74, 6) is 1.04. The van der Waals surface area contributed by atoms with Crippen LogP contribution in [0.5, 0.6) is 5.75 Å². The second kappa shape index (κ2) is 20.3. The predicted octanol–water partition coefficient (Wildman–Crippen LogP) is 7.89. The zero-order valence-corrected chi connectivity index (χ0v) is 31.0. The molecular weight excluding hydrogens is 624 g/mol. The monoisotopic (exact) mass is 694 g/mol. The molecule has 50 heavy (non-hydrogen) atoms. The molecule has 7 heteroatoms. The standard InChI is InChI=1S/C43H68N2O5/c46-33-37-30-36(22-23-40(37)47)41(48)31-44-26-16-9-7-5-3-1-2-4-6-8-10-17-27-45-28-24-35(25-29-45)42(32-45)50-34-43(49,39-20-14-15-21-39)38-18-12-11-13-19-38/h11-13,18-19,22-23,30,35,39,41-42,44,46,48-49H,1-10,14-17,20-21,24-29,31-34H2/p+1/t35?,41-,42-,43+,45?/m0/s1. The number of aliphatic hydroxyl groups is 3. The number of hydrogen-bond donors (Lipinski definition) is 5. The number of benzene rings is 2. The van der Waals surface area contributed by atoms with E-state index in [1.54, 1.807) is 12.1 Å². The van der Waals surface area contributed by atoms with Crippen LogP contribution in [0.3, 0.4) is 0 Å². The van der Waals surface area contributed by atoms with Crippen molar-refractivity contribution in [3.8, 4) is 5.75 Å². The zero-order chi connectivity index (χ0) is 35.1. The lowest BCUT2D eigenvalue weighted by Gasteiger charge is -2.53. The van der Waals surface area contributed by atoms with Crippen molar-refractivity contribution in [2.75, 3.05) is 45.9 Å². The maximum absolute atomic E-state index is 12.0. The van der Waals surface area contributed by atoms with E-state index in [1.807, 2.05) is 6.07 Å². The van der Waals surface area contributed by atoms with Crippen LogP contribution < -0.4 is 5.32 Å². The van der Waals surface area contributed by atoms with Gasteiger partial charge in [-0.25, -0.2) is 0 Å². The zero-order valence-electron chi connectivity index (χ0n) is 31.0. The van der Waals surface area contributed by atoms with E-state index in [-0.39, 0.29) is 12.4 Å². The first-order valence-electron chi connectivity index (χ1n) is 20.5. The molecule has 5 N–H and O–H groups in total. The van der Waals surface area contributed by atoms with E-state index in [1.165, 1.54) is 126 Å². The molecule has 4 fully saturated rings. The number of ether oxygens (including phenoxy) is 1. The van der Waals surface area contributed by atoms with Crippen molar-refractivity contribution in [2.45, 2.75) is 140 Å². The van der Waals surface area contributed by atoms with Gasteiger partial charge in [0.1, 0.15) is 24.0 Å². The van der Waals surface area contributed by atoms with Crippen molar-refractivity contribution >= 4 is 0 Å². The molecule has 2 aromatic rings. The Labute approximate surface area is 303 Å². The highest BCUT2D eigenvalue weighted by Crippen LogP contribution is 2.43. The third kappa shape index (κ3) is 11.2. The molecule has 1 saturated carbocycles. The SMILES string of the molecule is OCc1cc([C@@H](O)CNCCCCCCCCCCCCCC[N+]23CCC(CC2)[C@@H](OC[C@@](O)(c2ccccc2)C2CCCC2)C3)ccc1O. The Kier molecular flexibility index (Phi) is 15.9. The highest BCUT2D eigenvalue weighted by molar-refractivity contribution is 5.36. The van der Waals surface area contributed by atoms with Crippen LogP contribution in [0.4, 0.5) is 0 Å². The van der Waals surface area contributed by atoms with E-state index in [0.29, 0.717) is 42.2 Å². The van der Waals surface area contributed by atoms with Gasteiger partial charge >= 0.3 is 0 Å². The fourth-order valence-electron chi connectivity index (χ4n) is 9.29. The minimum atomic E-state index is -0.858. The quantitative estimate of drug-likeness (QED) is 0.0567. The Morgan fingerprint density at radius 1 is 0.800 bits per heavy atom. The van der Waals surface area contributed by atoms with Gasteiger partial charge in [0, 0.05) is 30.9 Å². The van der Waals surface area contributed by atoms with Gasteiger partial charge in [0.25, 0.3) is 0 Å². The van der Waals surface area contributed by atoms with Gasteiger partial charge in [0.15, 0.2) is 0 Å².